The third-order valence-corrected chi connectivity index (χ3v) is 3.85. The lowest BCUT2D eigenvalue weighted by atomic mass is 9.66. The van der Waals surface area contributed by atoms with Gasteiger partial charge in [0.05, 0.1) is 18.1 Å². The molecule has 2 fully saturated rings. The molecule has 1 aliphatic heterocycles. The number of carbonyl (C=O) groups excluding carboxylic acids is 1. The monoisotopic (exact) mass is 241 g/mol. The number of amides is 1. The molecule has 1 heterocycles. The first-order valence-electron chi connectivity index (χ1n) is 6.16. The summed E-state index contributed by atoms with van der Waals surface area (Å²) in [5.74, 6) is -0.861. The Morgan fingerprint density at radius 3 is 2.65 bits per heavy atom. The van der Waals surface area contributed by atoms with Gasteiger partial charge in [-0.05, 0) is 19.8 Å². The Bertz CT molecular complexity index is 324. The lowest BCUT2D eigenvalue weighted by molar-refractivity contribution is -0.161. The van der Waals surface area contributed by atoms with E-state index in [1.165, 1.54) is 0 Å². The summed E-state index contributed by atoms with van der Waals surface area (Å²) in [5, 5.41) is 9.19. The van der Waals surface area contributed by atoms with Crippen LogP contribution in [-0.2, 0) is 14.3 Å². The van der Waals surface area contributed by atoms with Gasteiger partial charge in [0.1, 0.15) is 0 Å². The number of aliphatic carboxylic acids is 1. The van der Waals surface area contributed by atoms with Crippen LogP contribution in [0.3, 0.4) is 0 Å². The summed E-state index contributed by atoms with van der Waals surface area (Å²) < 4.78 is 5.37. The van der Waals surface area contributed by atoms with E-state index in [-0.39, 0.29) is 18.4 Å². The number of hydrogen-bond donors (Lipinski definition) is 1. The first-order chi connectivity index (χ1) is 8.03. The maximum atomic E-state index is 12.1. The van der Waals surface area contributed by atoms with Gasteiger partial charge in [0.15, 0.2) is 0 Å². The second-order valence-corrected chi connectivity index (χ2v) is 5.14. The van der Waals surface area contributed by atoms with Crippen LogP contribution < -0.4 is 0 Å². The molecule has 5 heteroatoms. The largest absolute Gasteiger partial charge is 0.481 e. The van der Waals surface area contributed by atoms with E-state index in [4.69, 9.17) is 4.74 Å². The molecule has 1 aliphatic carbocycles. The molecule has 0 aromatic heterocycles. The molecule has 0 aromatic rings. The van der Waals surface area contributed by atoms with Gasteiger partial charge in [-0.1, -0.05) is 6.42 Å². The van der Waals surface area contributed by atoms with Crippen molar-refractivity contribution in [3.63, 3.8) is 0 Å². The van der Waals surface area contributed by atoms with Crippen molar-refractivity contribution in [3.8, 4) is 0 Å². The van der Waals surface area contributed by atoms with Crippen LogP contribution in [0.25, 0.3) is 0 Å². The molecule has 5 nitrogen and oxygen atoms in total. The molecule has 0 aromatic carbocycles. The topological polar surface area (TPSA) is 66.8 Å². The summed E-state index contributed by atoms with van der Waals surface area (Å²) in [6, 6.07) is 0. The van der Waals surface area contributed by atoms with Crippen LogP contribution in [0.2, 0.25) is 0 Å². The molecule has 1 saturated heterocycles. The Morgan fingerprint density at radius 1 is 1.47 bits per heavy atom. The Kier molecular flexibility index (Phi) is 3.38. The smallest absolute Gasteiger partial charge is 0.310 e. The minimum absolute atomic E-state index is 0.0396. The molecule has 1 unspecified atom stereocenters. The first kappa shape index (κ1) is 12.4. The molecular weight excluding hydrogens is 222 g/mol. The summed E-state index contributed by atoms with van der Waals surface area (Å²) >= 11 is 0. The summed E-state index contributed by atoms with van der Waals surface area (Å²) in [6.45, 7) is 3.64. The van der Waals surface area contributed by atoms with E-state index in [1.54, 1.807) is 4.90 Å². The number of rotatable bonds is 3. The van der Waals surface area contributed by atoms with Crippen molar-refractivity contribution in [2.24, 2.45) is 5.41 Å². The Morgan fingerprint density at radius 2 is 2.18 bits per heavy atom. The average Bonchev–Trinajstić information content (AvgIpc) is 2.22. The van der Waals surface area contributed by atoms with Crippen LogP contribution in [0.1, 0.15) is 32.6 Å². The van der Waals surface area contributed by atoms with Crippen molar-refractivity contribution in [3.05, 3.63) is 0 Å². The molecule has 2 aliphatic rings. The van der Waals surface area contributed by atoms with Gasteiger partial charge in [0.2, 0.25) is 5.91 Å². The molecule has 0 bridgehead atoms. The zero-order chi connectivity index (χ0) is 12.5. The van der Waals surface area contributed by atoms with Crippen LogP contribution in [0.5, 0.6) is 0 Å². The van der Waals surface area contributed by atoms with Crippen LogP contribution in [0.4, 0.5) is 0 Å². The quantitative estimate of drug-likeness (QED) is 0.796. The molecule has 0 spiro atoms. The minimum atomic E-state index is -0.821. The molecule has 1 atom stereocenters. The van der Waals surface area contributed by atoms with Gasteiger partial charge in [-0.2, -0.15) is 0 Å². The lowest BCUT2D eigenvalue weighted by Gasteiger charge is -2.39. The number of carbonyl (C=O) groups is 2. The fourth-order valence-electron chi connectivity index (χ4n) is 2.52. The third-order valence-electron chi connectivity index (χ3n) is 3.85. The van der Waals surface area contributed by atoms with Gasteiger partial charge in [-0.3, -0.25) is 9.59 Å². The summed E-state index contributed by atoms with van der Waals surface area (Å²) in [4.78, 5) is 25.0. The highest BCUT2D eigenvalue weighted by Gasteiger charge is 2.46. The maximum Gasteiger partial charge on any atom is 0.310 e. The SMILES string of the molecule is CC1CN(C(=O)CC2(C(=O)O)CCC2)CCO1. The summed E-state index contributed by atoms with van der Waals surface area (Å²) in [5.41, 5.74) is -0.779. The predicted molar refractivity (Wildman–Crippen MR) is 60.5 cm³/mol. The van der Waals surface area contributed by atoms with E-state index < -0.39 is 11.4 Å². The van der Waals surface area contributed by atoms with Crippen molar-refractivity contribution >= 4 is 11.9 Å². The fourth-order valence-corrected chi connectivity index (χ4v) is 2.52. The van der Waals surface area contributed by atoms with Crippen molar-refractivity contribution < 1.29 is 19.4 Å². The molecule has 2 rings (SSSR count). The van der Waals surface area contributed by atoms with Crippen molar-refractivity contribution in [1.29, 1.82) is 0 Å². The molecule has 1 N–H and O–H groups in total. The Hall–Kier alpha value is -1.10. The zero-order valence-electron chi connectivity index (χ0n) is 10.1. The number of morpholine rings is 1. The maximum absolute atomic E-state index is 12.1. The number of carboxylic acid groups (broad SMARTS) is 1. The molecule has 1 saturated carbocycles. The number of nitrogens with zero attached hydrogens (tertiary/aromatic N) is 1. The van der Waals surface area contributed by atoms with Gasteiger partial charge in [0.25, 0.3) is 0 Å². The van der Waals surface area contributed by atoms with E-state index in [0.717, 1.165) is 6.42 Å². The van der Waals surface area contributed by atoms with E-state index in [1.807, 2.05) is 6.92 Å². The van der Waals surface area contributed by atoms with Crippen LogP contribution in [-0.4, -0.2) is 47.7 Å². The van der Waals surface area contributed by atoms with Gasteiger partial charge in [-0.25, -0.2) is 0 Å². The Balaban J connectivity index is 1.94. The molecule has 0 radical (unpaired) electrons. The van der Waals surface area contributed by atoms with Crippen molar-refractivity contribution in [2.75, 3.05) is 19.7 Å². The highest BCUT2D eigenvalue weighted by atomic mass is 16.5. The highest BCUT2D eigenvalue weighted by molar-refractivity contribution is 5.85. The van der Waals surface area contributed by atoms with E-state index in [0.29, 0.717) is 32.5 Å². The summed E-state index contributed by atoms with van der Waals surface area (Å²) in [6.07, 6.45) is 2.38. The van der Waals surface area contributed by atoms with Crippen LogP contribution >= 0.6 is 0 Å². The van der Waals surface area contributed by atoms with Crippen molar-refractivity contribution in [1.82, 2.24) is 4.90 Å². The number of carboxylic acids is 1. The molecular formula is C12H19NO4. The molecule has 96 valence electrons. The molecule has 1 amide bonds. The number of ether oxygens (including phenoxy) is 1. The van der Waals surface area contributed by atoms with E-state index >= 15 is 0 Å². The predicted octanol–water partition coefficient (Wildman–Crippen LogP) is 0.879. The fraction of sp³-hybridized carbons (Fsp3) is 0.833. The minimum Gasteiger partial charge on any atom is -0.481 e. The van der Waals surface area contributed by atoms with Gasteiger partial charge >= 0.3 is 5.97 Å². The van der Waals surface area contributed by atoms with Gasteiger partial charge in [-0.15, -0.1) is 0 Å². The van der Waals surface area contributed by atoms with E-state index in [2.05, 4.69) is 0 Å². The average molecular weight is 241 g/mol. The van der Waals surface area contributed by atoms with E-state index in [9.17, 15) is 14.7 Å². The summed E-state index contributed by atoms with van der Waals surface area (Å²) in [7, 11) is 0. The standard InChI is InChI=1S/C12H19NO4/c1-9-8-13(5-6-17-9)10(14)7-12(11(15)16)3-2-4-12/h9H,2-8H2,1H3,(H,15,16). The van der Waals surface area contributed by atoms with Gasteiger partial charge in [0, 0.05) is 19.5 Å². The number of hydrogen-bond acceptors (Lipinski definition) is 3. The van der Waals surface area contributed by atoms with Crippen LogP contribution in [0, 0.1) is 5.41 Å². The zero-order valence-corrected chi connectivity index (χ0v) is 10.1. The van der Waals surface area contributed by atoms with Gasteiger partial charge < -0.3 is 14.7 Å². The normalized spacial score (nSPS) is 27.4. The highest BCUT2D eigenvalue weighted by Crippen LogP contribution is 2.44. The van der Waals surface area contributed by atoms with Crippen LogP contribution in [0.15, 0.2) is 0 Å². The lowest BCUT2D eigenvalue weighted by Crippen LogP contribution is -2.48. The second-order valence-electron chi connectivity index (χ2n) is 5.14. The Labute approximate surface area is 101 Å². The first-order valence-corrected chi connectivity index (χ1v) is 6.16. The third kappa shape index (κ3) is 2.44. The molecule has 17 heavy (non-hydrogen) atoms. The van der Waals surface area contributed by atoms with Crippen molar-refractivity contribution in [2.45, 2.75) is 38.7 Å². The second kappa shape index (κ2) is 4.64.